The lowest BCUT2D eigenvalue weighted by molar-refractivity contribution is 0.160. The van der Waals surface area contributed by atoms with Crippen LogP contribution in [0.4, 0.5) is 13.2 Å². The Morgan fingerprint density at radius 3 is 2.85 bits per heavy atom. The van der Waals surface area contributed by atoms with Crippen molar-refractivity contribution in [3.05, 3.63) is 74.2 Å². The number of amidine groups is 1. The van der Waals surface area contributed by atoms with E-state index in [1.165, 1.54) is 29.7 Å². The van der Waals surface area contributed by atoms with Gasteiger partial charge in [0, 0.05) is 52.4 Å². The lowest BCUT2D eigenvalue weighted by Gasteiger charge is -2.33. The summed E-state index contributed by atoms with van der Waals surface area (Å²) in [5.74, 6) is 0.196. The first-order valence-electron chi connectivity index (χ1n) is 10.4. The van der Waals surface area contributed by atoms with Crippen LogP contribution >= 0.6 is 22.9 Å². The minimum atomic E-state index is -2.88. The van der Waals surface area contributed by atoms with Crippen LogP contribution in [-0.2, 0) is 0 Å². The quantitative estimate of drug-likeness (QED) is 0.399. The predicted octanol–water partition coefficient (Wildman–Crippen LogP) is 5.95. The van der Waals surface area contributed by atoms with E-state index in [0.29, 0.717) is 35.5 Å². The molecular formula is C23H23ClF3N5S. The number of aromatic nitrogens is 1. The molecular weight excluding hydrogens is 471 g/mol. The monoisotopic (exact) mass is 493 g/mol. The predicted molar refractivity (Wildman–Crippen MR) is 126 cm³/mol. The van der Waals surface area contributed by atoms with Crippen molar-refractivity contribution in [2.24, 2.45) is 21.1 Å². The smallest absolute Gasteiger partial charge is 0.331 e. The fourth-order valence-electron chi connectivity index (χ4n) is 4.24. The van der Waals surface area contributed by atoms with Gasteiger partial charge in [0.2, 0.25) is 0 Å². The number of hydrogen-bond acceptors (Lipinski definition) is 6. The van der Waals surface area contributed by atoms with Gasteiger partial charge in [0.25, 0.3) is 0 Å². The molecule has 5 nitrogen and oxygen atoms in total. The Morgan fingerprint density at radius 1 is 1.45 bits per heavy atom. The summed E-state index contributed by atoms with van der Waals surface area (Å²) in [7, 11) is 0. The normalized spacial score (nSPS) is 23.6. The topological polar surface area (TPSA) is 66.9 Å². The Bertz CT molecular complexity index is 1160. The third kappa shape index (κ3) is 4.56. The van der Waals surface area contributed by atoms with Crippen molar-refractivity contribution in [3.63, 3.8) is 0 Å². The Morgan fingerprint density at radius 2 is 2.24 bits per heavy atom. The molecule has 1 aromatic heterocycles. The van der Waals surface area contributed by atoms with E-state index in [1.807, 2.05) is 5.38 Å². The molecule has 2 aromatic rings. The highest BCUT2D eigenvalue weighted by Gasteiger charge is 2.44. The first-order valence-corrected chi connectivity index (χ1v) is 11.7. The summed E-state index contributed by atoms with van der Waals surface area (Å²) in [4.78, 5) is 14.8. The molecule has 0 radical (unpaired) electrons. The zero-order chi connectivity index (χ0) is 23.8. The highest BCUT2D eigenvalue weighted by atomic mass is 35.5. The van der Waals surface area contributed by atoms with Gasteiger partial charge >= 0.3 is 6.55 Å². The van der Waals surface area contributed by atoms with Crippen LogP contribution in [0.2, 0.25) is 5.02 Å². The van der Waals surface area contributed by atoms with E-state index in [-0.39, 0.29) is 10.4 Å². The summed E-state index contributed by atoms with van der Waals surface area (Å²) >= 11 is 7.90. The second kappa shape index (κ2) is 9.30. The lowest BCUT2D eigenvalue weighted by Crippen LogP contribution is -2.35. The van der Waals surface area contributed by atoms with Crippen molar-refractivity contribution >= 4 is 35.0 Å². The number of rotatable bonds is 6. The van der Waals surface area contributed by atoms with Crippen LogP contribution in [0.3, 0.4) is 0 Å². The molecule has 10 heteroatoms. The van der Waals surface area contributed by atoms with E-state index in [1.54, 1.807) is 12.3 Å². The lowest BCUT2D eigenvalue weighted by atomic mass is 9.83. The van der Waals surface area contributed by atoms with Crippen molar-refractivity contribution in [3.8, 4) is 0 Å². The molecule has 2 aliphatic heterocycles. The molecule has 0 saturated carbocycles. The van der Waals surface area contributed by atoms with Crippen LogP contribution in [0.5, 0.6) is 0 Å². The first kappa shape index (κ1) is 23.5. The van der Waals surface area contributed by atoms with Gasteiger partial charge in [-0.05, 0) is 36.0 Å². The average Bonchev–Trinajstić information content (AvgIpc) is 3.42. The highest BCUT2D eigenvalue weighted by Crippen LogP contribution is 2.49. The van der Waals surface area contributed by atoms with Gasteiger partial charge in [-0.3, -0.25) is 4.99 Å². The van der Waals surface area contributed by atoms with E-state index in [0.717, 1.165) is 23.3 Å². The van der Waals surface area contributed by atoms with E-state index >= 15 is 0 Å². The van der Waals surface area contributed by atoms with Crippen LogP contribution in [0.25, 0.3) is 0 Å². The highest BCUT2D eigenvalue weighted by molar-refractivity contribution is 7.11. The van der Waals surface area contributed by atoms with Crippen LogP contribution < -0.4 is 5.73 Å². The molecule has 33 heavy (non-hydrogen) atoms. The van der Waals surface area contributed by atoms with E-state index < -0.39 is 18.4 Å². The minimum Gasteiger partial charge on any atom is -0.404 e. The third-order valence-corrected chi connectivity index (χ3v) is 7.20. The van der Waals surface area contributed by atoms with Crippen molar-refractivity contribution in [2.45, 2.75) is 39.3 Å². The van der Waals surface area contributed by atoms with Gasteiger partial charge in [-0.15, -0.1) is 11.3 Å². The maximum Gasteiger partial charge on any atom is 0.331 e. The van der Waals surface area contributed by atoms with Crippen molar-refractivity contribution in [1.29, 1.82) is 0 Å². The largest absolute Gasteiger partial charge is 0.404 e. The summed E-state index contributed by atoms with van der Waals surface area (Å²) in [5.41, 5.74) is 8.24. The van der Waals surface area contributed by atoms with Crippen LogP contribution in [0, 0.1) is 11.2 Å². The van der Waals surface area contributed by atoms with Crippen molar-refractivity contribution < 1.29 is 13.2 Å². The van der Waals surface area contributed by atoms with Gasteiger partial charge in [-0.25, -0.2) is 14.4 Å². The molecule has 2 atom stereocenters. The van der Waals surface area contributed by atoms with E-state index in [4.69, 9.17) is 22.3 Å². The Hall–Kier alpha value is -2.65. The summed E-state index contributed by atoms with van der Waals surface area (Å²) in [5, 5.41) is 2.79. The molecule has 1 aromatic carbocycles. The molecule has 1 saturated heterocycles. The molecule has 1 fully saturated rings. The number of fused-ring (bicyclic) bond motifs is 1. The Labute approximate surface area is 199 Å². The molecule has 0 spiro atoms. The summed E-state index contributed by atoms with van der Waals surface area (Å²) in [6, 6.07) is 3.39. The molecule has 4 rings (SSSR count). The number of nitrogens with zero attached hydrogens (tertiary/aromatic N) is 4. The summed E-state index contributed by atoms with van der Waals surface area (Å²) in [6.07, 6.45) is 5.61. The summed E-state index contributed by atoms with van der Waals surface area (Å²) < 4.78 is 39.7. The molecule has 2 aliphatic rings. The SMILES string of the molecule is CC[C@]1(C)CC2=C(C(C=NC(F)F)=CN)[C@H](c3ccc(F)cc3Cl)N=C(c3nccs3)N2C1. The van der Waals surface area contributed by atoms with Crippen LogP contribution in [0.1, 0.15) is 43.3 Å². The second-order valence-corrected chi connectivity index (χ2v) is 9.63. The van der Waals surface area contributed by atoms with E-state index in [2.05, 4.69) is 28.7 Å². The van der Waals surface area contributed by atoms with Gasteiger partial charge in [-0.1, -0.05) is 31.5 Å². The fourth-order valence-corrected chi connectivity index (χ4v) is 5.15. The molecule has 0 unspecified atom stereocenters. The number of alkyl halides is 2. The van der Waals surface area contributed by atoms with Crippen molar-refractivity contribution in [1.82, 2.24) is 9.88 Å². The fraction of sp³-hybridized carbons (Fsp3) is 0.348. The number of hydrogen-bond donors (Lipinski definition) is 1. The zero-order valence-electron chi connectivity index (χ0n) is 18.1. The van der Waals surface area contributed by atoms with Gasteiger partial charge in [0.15, 0.2) is 10.8 Å². The first-order chi connectivity index (χ1) is 15.8. The number of nitrogens with two attached hydrogens (primary N) is 1. The van der Waals surface area contributed by atoms with Crippen LogP contribution in [-0.4, -0.2) is 35.0 Å². The Kier molecular flexibility index (Phi) is 6.63. The van der Waals surface area contributed by atoms with Gasteiger partial charge < -0.3 is 10.6 Å². The maximum atomic E-state index is 13.8. The molecule has 0 amide bonds. The molecule has 2 N–H and O–H groups in total. The average molecular weight is 494 g/mol. The van der Waals surface area contributed by atoms with Crippen molar-refractivity contribution in [2.75, 3.05) is 6.54 Å². The zero-order valence-corrected chi connectivity index (χ0v) is 19.7. The molecule has 3 heterocycles. The number of halogens is 4. The van der Waals surface area contributed by atoms with E-state index in [9.17, 15) is 13.2 Å². The Balaban J connectivity index is 1.97. The standard InChI is InChI=1S/C23H23ClF3N5S/c1-3-23(2)9-17-18(13(10-28)11-30-22(26)27)19(15-5-4-14(25)8-16(15)24)31-20(32(17)12-23)21-29-6-7-33-21/h4-8,10-11,19,22H,3,9,12,28H2,1-2H3/t19-,23+/m0/s1. The second-order valence-electron chi connectivity index (χ2n) is 8.32. The number of aliphatic imine (C=N–C) groups is 2. The molecule has 0 bridgehead atoms. The van der Waals surface area contributed by atoms with Gasteiger partial charge in [-0.2, -0.15) is 8.78 Å². The number of allylic oxidation sites excluding steroid dienone is 1. The third-order valence-electron chi connectivity index (χ3n) is 6.10. The summed E-state index contributed by atoms with van der Waals surface area (Å²) in [6.45, 7) is 2.10. The minimum absolute atomic E-state index is 0.0698. The van der Waals surface area contributed by atoms with Gasteiger partial charge in [0.1, 0.15) is 11.9 Å². The number of thiazole rings is 1. The number of benzene rings is 1. The molecule has 174 valence electrons. The molecule has 0 aliphatic carbocycles. The van der Waals surface area contributed by atoms with Crippen LogP contribution in [0.15, 0.2) is 62.8 Å². The van der Waals surface area contributed by atoms with Gasteiger partial charge in [0.05, 0.1) is 0 Å². The maximum absolute atomic E-state index is 13.8.